The van der Waals surface area contributed by atoms with Gasteiger partial charge < -0.3 is 0 Å². The molecule has 9 aromatic carbocycles. The summed E-state index contributed by atoms with van der Waals surface area (Å²) < 4.78 is 439. The van der Waals surface area contributed by atoms with Gasteiger partial charge in [0, 0.05) is 44.5 Å². The summed E-state index contributed by atoms with van der Waals surface area (Å²) in [5.74, 6) is -89.6. The average Bonchev–Trinajstić information content (AvgIpc) is 3.49. The number of benzene rings is 9. The van der Waals surface area contributed by atoms with Gasteiger partial charge in [-0.15, -0.1) is 0 Å². The molecular formula is C48H8F28N+. The second-order valence-corrected chi connectivity index (χ2v) is 16.6. The third kappa shape index (κ3) is 6.79. The zero-order valence-corrected chi connectivity index (χ0v) is 36.2. The van der Waals surface area contributed by atoms with Gasteiger partial charge in [-0.25, -0.2) is 119 Å². The molecule has 0 radical (unpaired) electrons. The van der Waals surface area contributed by atoms with E-state index in [0.29, 0.717) is 0 Å². The number of halogens is 28. The van der Waals surface area contributed by atoms with Gasteiger partial charge in [-0.3, -0.25) is 4.48 Å². The van der Waals surface area contributed by atoms with Crippen molar-refractivity contribution in [2.24, 2.45) is 0 Å². The summed E-state index contributed by atoms with van der Waals surface area (Å²) in [6.07, 6.45) is 0. The molecule has 0 aromatic heterocycles. The second kappa shape index (κ2) is 17.5. The number of hydrogen-bond acceptors (Lipinski definition) is 0. The van der Waals surface area contributed by atoms with E-state index in [1.165, 1.54) is 0 Å². The Balaban J connectivity index is 1.75. The minimum Gasteiger partial charge on any atom is -0.260 e. The highest BCUT2D eigenvalue weighted by molar-refractivity contribution is 6.15. The van der Waals surface area contributed by atoms with E-state index in [4.69, 9.17) is 0 Å². The van der Waals surface area contributed by atoms with Gasteiger partial charge in [-0.05, 0) is 11.6 Å². The SMILES string of the molecule is C[N+](C)(c1ccc(-c2c(F)c(F)c(F)c3c(F)c(F)c(F)c(F)c23)c(-c2c(F)c(F)c(F)c3c(F)c(F)c(F)c(F)c23)c1-c1c(F)c(F)c(F)c2c(F)c(F)c(F)c(F)c12)c1c(F)c(F)c(F)c2c(F)c(F)c(F)c(F)c12. The molecule has 0 amide bonds. The van der Waals surface area contributed by atoms with Crippen molar-refractivity contribution >= 4 is 54.5 Å². The summed E-state index contributed by atoms with van der Waals surface area (Å²) in [5.41, 5.74) is -20.8. The monoisotopic (exact) mass is 1130 g/mol. The Kier molecular flexibility index (Phi) is 12.3. The normalized spacial score (nSPS) is 12.3. The molecule has 0 aliphatic heterocycles. The lowest BCUT2D eigenvalue weighted by Crippen LogP contribution is -2.37. The maximum Gasteiger partial charge on any atom is 0.223 e. The van der Waals surface area contributed by atoms with Crippen molar-refractivity contribution in [3.05, 3.63) is 175 Å². The van der Waals surface area contributed by atoms with Crippen LogP contribution in [0.4, 0.5) is 134 Å². The van der Waals surface area contributed by atoms with Gasteiger partial charge in [0.15, 0.2) is 157 Å². The van der Waals surface area contributed by atoms with Crippen molar-refractivity contribution in [1.82, 2.24) is 4.48 Å². The lowest BCUT2D eigenvalue weighted by atomic mass is 9.80. The highest BCUT2D eigenvalue weighted by atomic mass is 19.2. The number of fused-ring (bicyclic) bond motifs is 4. The van der Waals surface area contributed by atoms with Gasteiger partial charge in [0.1, 0.15) is 5.69 Å². The fourth-order valence-electron chi connectivity index (χ4n) is 9.12. The Hall–Kier alpha value is -7.98. The Morgan fingerprint density at radius 3 is 0.740 bits per heavy atom. The lowest BCUT2D eigenvalue weighted by molar-refractivity contribution is 0.404. The summed E-state index contributed by atoms with van der Waals surface area (Å²) in [5, 5.41) is -21.3. The van der Waals surface area contributed by atoms with Gasteiger partial charge in [-0.1, -0.05) is 0 Å². The molecule has 400 valence electrons. The van der Waals surface area contributed by atoms with Crippen molar-refractivity contribution in [2.75, 3.05) is 14.1 Å². The van der Waals surface area contributed by atoms with E-state index in [1.54, 1.807) is 0 Å². The molecular weight excluding hydrogens is 1120 g/mol. The summed E-state index contributed by atoms with van der Waals surface area (Å²) in [6, 6.07) is -0.662. The van der Waals surface area contributed by atoms with Crippen LogP contribution >= 0.6 is 0 Å². The van der Waals surface area contributed by atoms with Crippen LogP contribution in [0.3, 0.4) is 0 Å². The van der Waals surface area contributed by atoms with E-state index in [0.717, 1.165) is 0 Å². The second-order valence-electron chi connectivity index (χ2n) is 16.6. The molecule has 9 aromatic rings. The number of rotatable bonds is 5. The molecule has 1 nitrogen and oxygen atoms in total. The predicted octanol–water partition coefficient (Wildman–Crippen LogP) is 17.1. The number of hydrogen-bond donors (Lipinski definition) is 0. The molecule has 9 rings (SSSR count). The summed E-state index contributed by atoms with van der Waals surface area (Å²) >= 11 is 0. The minimum absolute atomic E-state index is 0.0446. The molecule has 77 heavy (non-hydrogen) atoms. The highest BCUT2D eigenvalue weighted by Gasteiger charge is 2.45. The molecule has 0 aliphatic rings. The van der Waals surface area contributed by atoms with E-state index >= 15 is 105 Å². The zero-order valence-electron chi connectivity index (χ0n) is 36.2. The molecule has 0 heterocycles. The summed E-state index contributed by atoms with van der Waals surface area (Å²) in [4.78, 5) is 0. The van der Waals surface area contributed by atoms with E-state index in [1.807, 2.05) is 0 Å². The predicted molar refractivity (Wildman–Crippen MR) is 211 cm³/mol. The Morgan fingerprint density at radius 1 is 0.195 bits per heavy atom. The molecule has 29 heteroatoms. The van der Waals surface area contributed by atoms with Crippen LogP contribution < -0.4 is 4.48 Å². The Bertz CT molecular complexity index is 4250. The van der Waals surface area contributed by atoms with Crippen LogP contribution in [-0.4, -0.2) is 14.1 Å². The van der Waals surface area contributed by atoms with Crippen LogP contribution in [-0.2, 0) is 0 Å². The number of nitrogens with zero attached hydrogens (tertiary/aromatic N) is 1. The molecule has 0 N–H and O–H groups in total. The molecule has 0 fully saturated rings. The third-order valence-electron chi connectivity index (χ3n) is 12.5. The molecule has 0 unspecified atom stereocenters. The summed E-state index contributed by atoms with van der Waals surface area (Å²) in [7, 11) is 0.0893. The van der Waals surface area contributed by atoms with Crippen LogP contribution in [0.5, 0.6) is 0 Å². The Morgan fingerprint density at radius 2 is 0.416 bits per heavy atom. The Labute approximate surface area is 404 Å². The zero-order chi connectivity index (χ0) is 57.3. The van der Waals surface area contributed by atoms with E-state index < -0.39 is 255 Å². The van der Waals surface area contributed by atoms with Gasteiger partial charge >= 0.3 is 0 Å². The highest BCUT2D eigenvalue weighted by Crippen LogP contribution is 2.58. The van der Waals surface area contributed by atoms with Gasteiger partial charge in [-0.2, -0.15) is 4.39 Å². The maximum atomic E-state index is 17.2. The first kappa shape index (κ1) is 53.8. The fourth-order valence-corrected chi connectivity index (χ4v) is 9.12. The van der Waals surface area contributed by atoms with Crippen LogP contribution in [0.1, 0.15) is 0 Å². The molecule has 0 atom stereocenters. The van der Waals surface area contributed by atoms with Crippen LogP contribution in [0.15, 0.2) is 12.1 Å². The topological polar surface area (TPSA) is 0 Å². The molecule has 0 spiro atoms. The van der Waals surface area contributed by atoms with Crippen molar-refractivity contribution < 1.29 is 123 Å². The smallest absolute Gasteiger partial charge is 0.223 e. The molecule has 0 aliphatic carbocycles. The third-order valence-corrected chi connectivity index (χ3v) is 12.5. The molecule has 0 bridgehead atoms. The first-order chi connectivity index (χ1) is 35.7. The summed E-state index contributed by atoms with van der Waals surface area (Å²) in [6.45, 7) is 0. The van der Waals surface area contributed by atoms with Crippen LogP contribution in [0.25, 0.3) is 76.5 Å². The van der Waals surface area contributed by atoms with E-state index in [-0.39, 0.29) is 26.2 Å². The van der Waals surface area contributed by atoms with Gasteiger partial charge in [0.25, 0.3) is 0 Å². The largest absolute Gasteiger partial charge is 0.260 e. The average molecular weight is 1130 g/mol. The minimum atomic E-state index is -3.44. The van der Waals surface area contributed by atoms with Crippen LogP contribution in [0.2, 0.25) is 0 Å². The van der Waals surface area contributed by atoms with E-state index in [2.05, 4.69) is 0 Å². The quantitative estimate of drug-likeness (QED) is 0.0697. The van der Waals surface area contributed by atoms with Crippen molar-refractivity contribution in [3.63, 3.8) is 0 Å². The van der Waals surface area contributed by atoms with Crippen molar-refractivity contribution in [1.29, 1.82) is 0 Å². The van der Waals surface area contributed by atoms with Crippen LogP contribution in [0, 0.1) is 163 Å². The first-order valence-corrected chi connectivity index (χ1v) is 20.0. The van der Waals surface area contributed by atoms with Gasteiger partial charge in [0.2, 0.25) is 11.6 Å². The molecule has 0 saturated carbocycles. The lowest BCUT2D eigenvalue weighted by Gasteiger charge is -2.34. The number of quaternary nitrogens is 1. The fraction of sp³-hybridized carbons (Fsp3) is 0.0417. The van der Waals surface area contributed by atoms with E-state index in [9.17, 15) is 17.6 Å². The maximum absolute atomic E-state index is 17.2. The standard InChI is InChI=1S/C48H8F28N/c1-77(2,48-19-18(33(62)46(75)47(48)76)32(61)44(73)45(74)34(19)63)6-4-3-5(8-11-15(26(55)35(64)20(8)49)29(58)41(70)38(67)22(11)51)7(10-13-16(27(56)36(65)21(10)50)30(59)42(71)39(68)24(13)53)9(6)12-14-17(28(57)37(66)23(12)52)31(60)43(72)40(69)25(14)54/h3-4H,1-2H3/q+1. The molecule has 0 saturated heterocycles. The van der Waals surface area contributed by atoms with Gasteiger partial charge in [0.05, 0.1) is 46.6 Å². The first-order valence-electron chi connectivity index (χ1n) is 20.0. The van der Waals surface area contributed by atoms with Crippen molar-refractivity contribution in [2.45, 2.75) is 0 Å². The van der Waals surface area contributed by atoms with Crippen molar-refractivity contribution in [3.8, 4) is 33.4 Å².